The van der Waals surface area contributed by atoms with Crippen LogP contribution in [0, 0.1) is 89.4 Å². The van der Waals surface area contributed by atoms with Crippen LogP contribution in [-0.2, 0) is 70.5 Å². The van der Waals surface area contributed by atoms with Crippen LogP contribution in [-0.4, -0.2) is 277 Å². The lowest BCUT2D eigenvalue weighted by Gasteiger charge is -2.63. The third-order valence-corrected chi connectivity index (χ3v) is 39.7. The van der Waals surface area contributed by atoms with Crippen LogP contribution < -0.4 is 70.4 Å². The summed E-state index contributed by atoms with van der Waals surface area (Å²) in [6, 6.07) is 12.5. The molecule has 3 spiro atoms. The molecule has 7 aliphatic heterocycles. The highest BCUT2D eigenvalue weighted by molar-refractivity contribution is 5.95. The standard InChI is InChI=1S/C42H60N4O5.C39H54N4O6.C38H59N5O5/c1-25-26(2)28(4)37(30(27(25)3)16-17-32(47)31(44(7)8)14-12-13-22-43-6)46(10)40(48)50-34-19-20-41(5)35-24-29-15-18-33(49-11)38-36(29)42(41,39(34)51-38)21-23-45(35)9;1-22-23(2)25(4)33(49-36(44)27(41(6)7)13-11-12-19-40)32(24(22)3)43(9)37(45)47-29-16-17-38(5)30-21-26-14-15-28(46-10)34-31(26)39(38,35(29)48-34)18-20-42(30)8;1-22-23(2)25(4)43(28(24(22)3)21-41-35(44)27(40-6)12-10-9-11-18-39)36(45)47-30-15-16-37(5)31-20-26-13-14-29(46-8)33-32(26)38(37,34(30)48-33)17-19-42(31)7/h15,18-19,31,35,39,43H,12-14,16-17,20-24H2,1-11H3;14-16,27,30,35H,11-13,17-21,40H2,1-10H3;13-15,22-25,27-28,31,34,40H,9-12,16-21,39H2,1-8H3,(H,41,44)/t31?,35-,39+,41+,42+;27-,30+,35-,38-,39-;22?,23?,24?,25?,27-,28?,31+,34-,37-,38-/m100/s1. The number of esters is 1. The van der Waals surface area contributed by atoms with Gasteiger partial charge in [0.05, 0.1) is 67.1 Å². The number of nitrogens with two attached hydrogens (primary N) is 2. The maximum absolute atomic E-state index is 14.5. The number of piperidine rings is 4. The average Bonchev–Trinajstić information content (AvgIpc) is 1.48. The van der Waals surface area contributed by atoms with E-state index >= 15 is 0 Å². The molecule has 4 amide bonds. The lowest BCUT2D eigenvalue weighted by atomic mass is 9.45. The Kier molecular flexibility index (Phi) is 32.7. The summed E-state index contributed by atoms with van der Waals surface area (Å²) in [5, 5.41) is 9.58. The monoisotopic (exact) mass is 2040 g/mol. The van der Waals surface area contributed by atoms with E-state index in [1.54, 1.807) is 40.3 Å². The first-order chi connectivity index (χ1) is 70.4. The third kappa shape index (κ3) is 18.3. The van der Waals surface area contributed by atoms with Crippen molar-refractivity contribution in [2.24, 2.45) is 45.5 Å². The van der Waals surface area contributed by atoms with Gasteiger partial charge in [-0.1, -0.05) is 85.4 Å². The molecule has 0 radical (unpaired) electrons. The summed E-state index contributed by atoms with van der Waals surface area (Å²) in [5.74, 6) is 7.28. The van der Waals surface area contributed by atoms with E-state index in [-0.39, 0.29) is 92.2 Å². The van der Waals surface area contributed by atoms with E-state index in [2.05, 4.69) is 164 Å². The number of rotatable bonds is 34. The first-order valence-corrected chi connectivity index (χ1v) is 54.9. The first-order valence-electron chi connectivity index (χ1n) is 54.9. The second-order valence-electron chi connectivity index (χ2n) is 46.8. The van der Waals surface area contributed by atoms with Crippen molar-refractivity contribution in [3.63, 3.8) is 0 Å². The predicted molar refractivity (Wildman–Crippen MR) is 581 cm³/mol. The number of unbranched alkanes of at least 4 members (excludes halogenated alkanes) is 4. The maximum Gasteiger partial charge on any atom is 0.419 e. The Balaban J connectivity index is 0.000000158. The summed E-state index contributed by atoms with van der Waals surface area (Å²) in [6.45, 7) is 37.7. The molecular weight excluding hydrogens is 1870 g/mol. The lowest BCUT2D eigenvalue weighted by molar-refractivity contribution is -0.139. The van der Waals surface area contributed by atoms with Crippen LogP contribution in [0.25, 0.3) is 0 Å². The fraction of sp³-hybridized carbons (Fsp3) is 0.647. The van der Waals surface area contributed by atoms with Gasteiger partial charge >= 0.3 is 24.2 Å². The summed E-state index contributed by atoms with van der Waals surface area (Å²) in [4.78, 5) is 100. The number of Topliss-reactive ketones (excluding diaryl/α,β-unsaturated/α-hetero) is 1. The van der Waals surface area contributed by atoms with E-state index in [1.807, 2.05) is 103 Å². The number of nitrogens with zero attached hydrogens (tertiary/aromatic N) is 8. The molecule has 0 aromatic heterocycles. The van der Waals surface area contributed by atoms with Crippen molar-refractivity contribution in [2.75, 3.05) is 154 Å². The molecule has 7 heterocycles. The van der Waals surface area contributed by atoms with Crippen molar-refractivity contribution in [3.8, 4) is 40.2 Å². The molecule has 0 saturated carbocycles. The topological polar surface area (TPSA) is 309 Å². The summed E-state index contributed by atoms with van der Waals surface area (Å²) >= 11 is 0. The highest BCUT2D eigenvalue weighted by Gasteiger charge is 2.74. The number of hydrogen-bond donors (Lipinski definition) is 5. The predicted octanol–water partition coefficient (Wildman–Crippen LogP) is 16.9. The molecular formula is C119H173N13O16. The number of carbonyl (C=O) groups excluding carboxylic acids is 6. The van der Waals surface area contributed by atoms with Crippen LogP contribution in [0.4, 0.5) is 25.8 Å². The van der Waals surface area contributed by atoms with E-state index < -0.39 is 36.5 Å². The number of amides is 4. The van der Waals surface area contributed by atoms with Gasteiger partial charge in [-0.05, 0) is 389 Å². The molecule has 29 nitrogen and oxygen atoms in total. The fourth-order valence-corrected chi connectivity index (χ4v) is 29.8. The molecule has 20 atom stereocenters. The lowest BCUT2D eigenvalue weighted by Crippen LogP contribution is -2.69. The highest BCUT2D eigenvalue weighted by Crippen LogP contribution is 2.73. The van der Waals surface area contributed by atoms with Crippen LogP contribution in [0.2, 0.25) is 0 Å². The minimum absolute atomic E-state index is 0.0333. The number of benzene rings is 5. The summed E-state index contributed by atoms with van der Waals surface area (Å²) < 4.78 is 63.7. The van der Waals surface area contributed by atoms with Gasteiger partial charge in [0.2, 0.25) is 5.91 Å². The van der Waals surface area contributed by atoms with Crippen molar-refractivity contribution in [1.82, 2.24) is 45.3 Å². The number of carbonyl (C=O) groups is 6. The molecule has 13 aliphatic rings. The third-order valence-electron chi connectivity index (χ3n) is 39.7. The van der Waals surface area contributed by atoms with Crippen LogP contribution in [0.3, 0.4) is 0 Å². The number of likely N-dealkylation sites (tertiary alicyclic amines) is 4. The molecule has 4 fully saturated rings. The molecule has 810 valence electrons. The molecule has 7 N–H and O–H groups in total. The van der Waals surface area contributed by atoms with Crippen LogP contribution in [0.1, 0.15) is 241 Å². The zero-order chi connectivity index (χ0) is 107. The number of allylic oxidation sites excluding steroid dienone is 3. The second kappa shape index (κ2) is 43.7. The molecule has 5 aromatic carbocycles. The van der Waals surface area contributed by atoms with Crippen LogP contribution in [0.5, 0.6) is 40.2 Å². The Morgan fingerprint density at radius 3 is 1.32 bits per heavy atom. The smallest absolute Gasteiger partial charge is 0.419 e. The number of hydrogen-bond acceptors (Lipinski definition) is 25. The SMILES string of the molecule is CNCCCCC(C(=O)CCc1c(C)c(C)c(C)c(C)c1N(C)C(=O)OC1=CC[C@@]2(C)[C@H]3Cc4ccc(OC)c5c4[C@@]2(CCN3C)[C@H]1O5)N(C)C.CN[C@@H](CCCCCN)C(=O)NCC1C(C)C(C)C(C)C(C)N1C(=O)OC1=CC[C@@]2(C)[C@H]3Cc4ccc(OC)c5c4[C@@]2(CCN3C)[C@H]1O5.COc1ccc2c3c1O[C@H]1C(OC(=O)N(C)c4c(C)c(C)c(C)c(C)c4OC(=O)[C@H](CCCCN)N(C)C)=CC[C@@]4(C)[C@@H](C2)N(C)CC[C@]314. The minimum Gasteiger partial charge on any atom is -0.493 e. The Morgan fingerprint density at radius 2 is 0.885 bits per heavy atom. The first kappa shape index (κ1) is 111. The number of methoxy groups -OCH3 is 3. The molecule has 6 unspecified atom stereocenters. The van der Waals surface area contributed by atoms with Gasteiger partial charge in [-0.3, -0.25) is 34.1 Å². The quantitative estimate of drug-likeness (QED) is 0.0111. The Bertz CT molecular complexity index is 5970. The normalized spacial score (nSPS) is 28.8. The maximum atomic E-state index is 14.5. The zero-order valence-electron chi connectivity index (χ0n) is 94.3. The van der Waals surface area contributed by atoms with Crippen LogP contribution >= 0.6 is 0 Å². The minimum atomic E-state index is -0.562. The van der Waals surface area contributed by atoms with Gasteiger partial charge in [-0.15, -0.1) is 0 Å². The van der Waals surface area contributed by atoms with Gasteiger partial charge in [-0.2, -0.15) is 0 Å². The van der Waals surface area contributed by atoms with E-state index in [0.29, 0.717) is 97.4 Å². The number of ether oxygens (including phenoxy) is 10. The van der Waals surface area contributed by atoms with Crippen molar-refractivity contribution in [3.05, 3.63) is 155 Å². The molecule has 4 saturated heterocycles. The largest absolute Gasteiger partial charge is 0.493 e. The molecule has 5 aromatic rings. The van der Waals surface area contributed by atoms with E-state index in [0.717, 1.165) is 221 Å². The second-order valence-corrected chi connectivity index (χ2v) is 46.8. The van der Waals surface area contributed by atoms with Crippen molar-refractivity contribution in [1.29, 1.82) is 0 Å². The molecule has 6 bridgehead atoms. The number of ketones is 1. The van der Waals surface area contributed by atoms with Gasteiger partial charge in [0.15, 0.2) is 58.6 Å². The van der Waals surface area contributed by atoms with E-state index in [1.165, 1.54) is 43.8 Å². The summed E-state index contributed by atoms with van der Waals surface area (Å²) in [5.41, 5.74) is 28.3. The fourth-order valence-electron chi connectivity index (χ4n) is 29.8. The number of likely N-dealkylation sites (N-methyl/N-ethyl adjacent to an activating group) is 6. The van der Waals surface area contributed by atoms with E-state index in [4.69, 9.17) is 58.8 Å². The number of anilines is 2. The van der Waals surface area contributed by atoms with Crippen LogP contribution in [0.15, 0.2) is 71.9 Å². The summed E-state index contributed by atoms with van der Waals surface area (Å²) in [7, 11) is 26.8. The van der Waals surface area contributed by atoms with Gasteiger partial charge in [0.1, 0.15) is 29.1 Å². The molecule has 29 heteroatoms. The highest BCUT2D eigenvalue weighted by atomic mass is 16.6. The van der Waals surface area contributed by atoms with Crippen molar-refractivity contribution < 1.29 is 76.1 Å². The van der Waals surface area contributed by atoms with E-state index in [9.17, 15) is 28.8 Å². The Labute approximate surface area is 881 Å². The zero-order valence-corrected chi connectivity index (χ0v) is 94.3. The average molecular weight is 2040 g/mol. The van der Waals surface area contributed by atoms with Gasteiger partial charge in [0.25, 0.3) is 0 Å². The van der Waals surface area contributed by atoms with Gasteiger partial charge in [-0.25, -0.2) is 19.2 Å². The number of nitrogens with one attached hydrogen (secondary N) is 3. The molecule has 6 aliphatic carbocycles. The summed E-state index contributed by atoms with van der Waals surface area (Å²) in [6.07, 6.45) is 21.3. The Hall–Kier alpha value is -9.82. The molecule has 148 heavy (non-hydrogen) atoms. The Morgan fingerprint density at radius 1 is 0.480 bits per heavy atom. The molecule has 18 rings (SSSR count). The van der Waals surface area contributed by atoms with Crippen molar-refractivity contribution in [2.45, 2.75) is 322 Å². The van der Waals surface area contributed by atoms with Gasteiger partial charge in [0, 0.05) is 84.2 Å². The van der Waals surface area contributed by atoms with Crippen molar-refractivity contribution >= 4 is 47.3 Å². The van der Waals surface area contributed by atoms with Gasteiger partial charge < -0.3 is 89.5 Å².